The minimum absolute atomic E-state index is 0.616. The zero-order valence-corrected chi connectivity index (χ0v) is 13.2. The standard InChI is InChI=1S/C15H21NOS2/c1-12(2)10-17-6-5-16-9-14-8-13(11-19-14)15-4-3-7-18-15/h3-4,7-8,11-12,16H,5-6,9-10H2,1-2H3. The van der Waals surface area contributed by atoms with Crippen molar-refractivity contribution in [1.82, 2.24) is 5.32 Å². The maximum absolute atomic E-state index is 5.54. The van der Waals surface area contributed by atoms with Gasteiger partial charge in [0, 0.05) is 35.0 Å². The monoisotopic (exact) mass is 295 g/mol. The van der Waals surface area contributed by atoms with E-state index in [0.717, 1.165) is 26.3 Å². The Morgan fingerprint density at radius 3 is 2.95 bits per heavy atom. The summed E-state index contributed by atoms with van der Waals surface area (Å²) in [5.41, 5.74) is 1.34. The predicted molar refractivity (Wildman–Crippen MR) is 85.0 cm³/mol. The van der Waals surface area contributed by atoms with Crippen LogP contribution >= 0.6 is 22.7 Å². The highest BCUT2D eigenvalue weighted by Crippen LogP contribution is 2.29. The second kappa shape index (κ2) is 7.80. The molecular formula is C15H21NOS2. The molecule has 4 heteroatoms. The first-order chi connectivity index (χ1) is 9.25. The van der Waals surface area contributed by atoms with Crippen LogP contribution in [0, 0.1) is 5.92 Å². The Morgan fingerprint density at radius 1 is 1.32 bits per heavy atom. The molecule has 0 aromatic carbocycles. The van der Waals surface area contributed by atoms with Gasteiger partial charge in [-0.3, -0.25) is 0 Å². The highest BCUT2D eigenvalue weighted by Gasteiger charge is 2.03. The Balaban J connectivity index is 1.67. The SMILES string of the molecule is CC(C)COCCNCc1cc(-c2cccs2)cs1. The molecule has 0 amide bonds. The first-order valence-electron chi connectivity index (χ1n) is 6.65. The Morgan fingerprint density at radius 2 is 2.21 bits per heavy atom. The van der Waals surface area contributed by atoms with Gasteiger partial charge in [0.25, 0.3) is 0 Å². The first kappa shape index (κ1) is 14.7. The summed E-state index contributed by atoms with van der Waals surface area (Å²) in [6, 6.07) is 6.55. The van der Waals surface area contributed by atoms with E-state index >= 15 is 0 Å². The van der Waals surface area contributed by atoms with E-state index in [9.17, 15) is 0 Å². The van der Waals surface area contributed by atoms with E-state index in [1.165, 1.54) is 15.3 Å². The first-order valence-corrected chi connectivity index (χ1v) is 8.41. The molecule has 2 rings (SSSR count). The zero-order valence-electron chi connectivity index (χ0n) is 11.5. The van der Waals surface area contributed by atoms with Crippen LogP contribution in [0.25, 0.3) is 10.4 Å². The van der Waals surface area contributed by atoms with E-state index in [-0.39, 0.29) is 0 Å². The van der Waals surface area contributed by atoms with Crippen molar-refractivity contribution >= 4 is 22.7 Å². The van der Waals surface area contributed by atoms with E-state index in [1.54, 1.807) is 11.3 Å². The summed E-state index contributed by atoms with van der Waals surface area (Å²) in [7, 11) is 0. The molecular weight excluding hydrogens is 274 g/mol. The summed E-state index contributed by atoms with van der Waals surface area (Å²) >= 11 is 3.61. The molecule has 0 aliphatic heterocycles. The average Bonchev–Trinajstić information content (AvgIpc) is 3.03. The normalized spacial score (nSPS) is 11.3. The number of nitrogens with one attached hydrogen (secondary N) is 1. The lowest BCUT2D eigenvalue weighted by molar-refractivity contribution is 0.111. The molecule has 104 valence electrons. The second-order valence-corrected chi connectivity index (χ2v) is 6.87. The highest BCUT2D eigenvalue weighted by molar-refractivity contribution is 7.14. The summed E-state index contributed by atoms with van der Waals surface area (Å²) in [5, 5.41) is 7.78. The van der Waals surface area contributed by atoms with Crippen LogP contribution in [0.2, 0.25) is 0 Å². The van der Waals surface area contributed by atoms with Gasteiger partial charge in [0.2, 0.25) is 0 Å². The van der Waals surface area contributed by atoms with E-state index in [1.807, 2.05) is 11.3 Å². The lowest BCUT2D eigenvalue weighted by Crippen LogP contribution is -2.19. The molecule has 1 N–H and O–H groups in total. The van der Waals surface area contributed by atoms with Gasteiger partial charge in [-0.2, -0.15) is 0 Å². The third kappa shape index (κ3) is 5.07. The maximum atomic E-state index is 5.54. The predicted octanol–water partition coefficient (Wildman–Crippen LogP) is 4.24. The smallest absolute Gasteiger partial charge is 0.0591 e. The van der Waals surface area contributed by atoms with Gasteiger partial charge >= 0.3 is 0 Å². The molecule has 0 saturated carbocycles. The lowest BCUT2D eigenvalue weighted by Gasteiger charge is -2.07. The third-order valence-electron chi connectivity index (χ3n) is 2.63. The van der Waals surface area contributed by atoms with Gasteiger partial charge in [0.15, 0.2) is 0 Å². The highest BCUT2D eigenvalue weighted by atomic mass is 32.1. The number of ether oxygens (including phenoxy) is 1. The zero-order chi connectivity index (χ0) is 13.5. The Kier molecular flexibility index (Phi) is 6.04. The van der Waals surface area contributed by atoms with Crippen molar-refractivity contribution in [3.05, 3.63) is 33.8 Å². The minimum atomic E-state index is 0.616. The van der Waals surface area contributed by atoms with Gasteiger partial charge in [0.05, 0.1) is 6.61 Å². The Hall–Kier alpha value is -0.680. The number of thiophene rings is 2. The van der Waals surface area contributed by atoms with Crippen molar-refractivity contribution in [3.8, 4) is 10.4 Å². The van der Waals surface area contributed by atoms with Crippen LogP contribution in [0.3, 0.4) is 0 Å². The fraction of sp³-hybridized carbons (Fsp3) is 0.467. The summed E-state index contributed by atoms with van der Waals surface area (Å²) in [4.78, 5) is 2.73. The quantitative estimate of drug-likeness (QED) is 0.736. The fourth-order valence-electron chi connectivity index (χ4n) is 1.72. The van der Waals surface area contributed by atoms with Crippen molar-refractivity contribution in [2.24, 2.45) is 5.92 Å². The van der Waals surface area contributed by atoms with Gasteiger partial charge in [-0.15, -0.1) is 22.7 Å². The van der Waals surface area contributed by atoms with Crippen molar-refractivity contribution in [1.29, 1.82) is 0 Å². The van der Waals surface area contributed by atoms with Gasteiger partial charge in [-0.1, -0.05) is 19.9 Å². The summed E-state index contributed by atoms with van der Waals surface area (Å²) in [6.45, 7) is 7.83. The van der Waals surface area contributed by atoms with E-state index in [0.29, 0.717) is 5.92 Å². The van der Waals surface area contributed by atoms with Gasteiger partial charge in [-0.05, 0) is 28.8 Å². The fourth-order valence-corrected chi connectivity index (χ4v) is 3.36. The molecule has 0 spiro atoms. The number of hydrogen-bond donors (Lipinski definition) is 1. The van der Waals surface area contributed by atoms with Crippen molar-refractivity contribution < 1.29 is 4.74 Å². The van der Waals surface area contributed by atoms with E-state index in [2.05, 4.69) is 48.1 Å². The van der Waals surface area contributed by atoms with Gasteiger partial charge < -0.3 is 10.1 Å². The molecule has 2 aromatic heterocycles. The van der Waals surface area contributed by atoms with Crippen LogP contribution in [-0.4, -0.2) is 19.8 Å². The molecule has 0 unspecified atom stereocenters. The number of rotatable bonds is 8. The van der Waals surface area contributed by atoms with Crippen LogP contribution < -0.4 is 5.32 Å². The molecule has 0 aliphatic rings. The van der Waals surface area contributed by atoms with Crippen molar-refractivity contribution in [3.63, 3.8) is 0 Å². The van der Waals surface area contributed by atoms with Crippen LogP contribution in [0.5, 0.6) is 0 Å². The topological polar surface area (TPSA) is 21.3 Å². The van der Waals surface area contributed by atoms with E-state index < -0.39 is 0 Å². The molecule has 0 aliphatic carbocycles. The Bertz CT molecular complexity index is 462. The average molecular weight is 295 g/mol. The number of hydrogen-bond acceptors (Lipinski definition) is 4. The summed E-state index contributed by atoms with van der Waals surface area (Å²) < 4.78 is 5.54. The van der Waals surface area contributed by atoms with E-state index in [4.69, 9.17) is 4.74 Å². The van der Waals surface area contributed by atoms with Crippen LogP contribution in [-0.2, 0) is 11.3 Å². The molecule has 0 radical (unpaired) electrons. The maximum Gasteiger partial charge on any atom is 0.0591 e. The lowest BCUT2D eigenvalue weighted by atomic mass is 10.2. The minimum Gasteiger partial charge on any atom is -0.380 e. The molecule has 2 aromatic rings. The molecule has 19 heavy (non-hydrogen) atoms. The molecule has 0 atom stereocenters. The molecule has 0 bridgehead atoms. The molecule has 2 nitrogen and oxygen atoms in total. The molecule has 2 heterocycles. The largest absolute Gasteiger partial charge is 0.380 e. The summed E-state index contributed by atoms with van der Waals surface area (Å²) in [5.74, 6) is 0.616. The van der Waals surface area contributed by atoms with Crippen molar-refractivity contribution in [2.45, 2.75) is 20.4 Å². The second-order valence-electron chi connectivity index (χ2n) is 4.92. The van der Waals surface area contributed by atoms with Gasteiger partial charge in [0.1, 0.15) is 0 Å². The Labute approximate surface area is 123 Å². The van der Waals surface area contributed by atoms with Crippen LogP contribution in [0.1, 0.15) is 18.7 Å². The van der Waals surface area contributed by atoms with Crippen LogP contribution in [0.4, 0.5) is 0 Å². The third-order valence-corrected chi connectivity index (χ3v) is 4.49. The molecule has 0 fully saturated rings. The summed E-state index contributed by atoms with van der Waals surface area (Å²) in [6.07, 6.45) is 0. The molecule has 0 saturated heterocycles. The van der Waals surface area contributed by atoms with Gasteiger partial charge in [-0.25, -0.2) is 0 Å². The van der Waals surface area contributed by atoms with Crippen LogP contribution in [0.15, 0.2) is 29.0 Å². The van der Waals surface area contributed by atoms with Crippen molar-refractivity contribution in [2.75, 3.05) is 19.8 Å².